The van der Waals surface area contributed by atoms with Gasteiger partial charge in [-0.3, -0.25) is 0 Å². The normalized spacial score (nSPS) is 15.5. The monoisotopic (exact) mass is 223 g/mol. The average molecular weight is 223 g/mol. The van der Waals surface area contributed by atoms with Crippen LogP contribution in [0, 0.1) is 5.82 Å². The summed E-state index contributed by atoms with van der Waals surface area (Å²) >= 11 is 0. The third-order valence-corrected chi connectivity index (χ3v) is 2.59. The van der Waals surface area contributed by atoms with Crippen LogP contribution in [0.2, 0.25) is 0 Å². The first-order valence-corrected chi connectivity index (χ1v) is 5.80. The lowest BCUT2D eigenvalue weighted by molar-refractivity contribution is 0.552. The first-order chi connectivity index (χ1) is 7.66. The molecule has 1 aromatic rings. The molecule has 0 atom stereocenters. The van der Waals surface area contributed by atoms with Crippen molar-refractivity contribution >= 4 is 5.82 Å². The van der Waals surface area contributed by atoms with Gasteiger partial charge in [0.2, 0.25) is 0 Å². The van der Waals surface area contributed by atoms with Crippen molar-refractivity contribution in [3.05, 3.63) is 23.6 Å². The summed E-state index contributed by atoms with van der Waals surface area (Å²) in [6.07, 6.45) is 3.90. The number of halogens is 1. The second kappa shape index (κ2) is 4.78. The Bertz CT molecular complexity index is 361. The zero-order valence-corrected chi connectivity index (χ0v) is 9.76. The van der Waals surface area contributed by atoms with E-state index in [1.807, 2.05) is 13.8 Å². The van der Waals surface area contributed by atoms with Crippen molar-refractivity contribution in [2.45, 2.75) is 45.3 Å². The Morgan fingerprint density at radius 2 is 2.25 bits per heavy atom. The second-order valence-corrected chi connectivity index (χ2v) is 4.59. The number of pyridine rings is 1. The SMILES string of the molecule is CC(C)NCc1ccnc(NC2CC2)c1F. The molecule has 1 aliphatic carbocycles. The lowest BCUT2D eigenvalue weighted by atomic mass is 10.2. The predicted octanol–water partition coefficient (Wildman–Crippen LogP) is 2.29. The van der Waals surface area contributed by atoms with Gasteiger partial charge in [0.25, 0.3) is 0 Å². The molecule has 3 nitrogen and oxygen atoms in total. The second-order valence-electron chi connectivity index (χ2n) is 4.59. The maximum absolute atomic E-state index is 13.9. The van der Waals surface area contributed by atoms with Gasteiger partial charge in [0, 0.05) is 30.4 Å². The zero-order valence-electron chi connectivity index (χ0n) is 9.76. The minimum atomic E-state index is -0.220. The van der Waals surface area contributed by atoms with E-state index in [4.69, 9.17) is 0 Å². The lowest BCUT2D eigenvalue weighted by Gasteiger charge is -2.11. The fourth-order valence-corrected chi connectivity index (χ4v) is 1.46. The van der Waals surface area contributed by atoms with Crippen molar-refractivity contribution in [1.29, 1.82) is 0 Å². The predicted molar refractivity (Wildman–Crippen MR) is 62.8 cm³/mol. The van der Waals surface area contributed by atoms with Crippen molar-refractivity contribution in [3.8, 4) is 0 Å². The molecule has 1 aromatic heterocycles. The van der Waals surface area contributed by atoms with Gasteiger partial charge in [-0.2, -0.15) is 0 Å². The van der Waals surface area contributed by atoms with E-state index in [0.717, 1.165) is 12.8 Å². The van der Waals surface area contributed by atoms with Gasteiger partial charge in [0.15, 0.2) is 11.6 Å². The highest BCUT2D eigenvalue weighted by atomic mass is 19.1. The van der Waals surface area contributed by atoms with Crippen LogP contribution in [0.15, 0.2) is 12.3 Å². The number of hydrogen-bond donors (Lipinski definition) is 2. The summed E-state index contributed by atoms with van der Waals surface area (Å²) in [6, 6.07) is 2.51. The highest BCUT2D eigenvalue weighted by Gasteiger charge is 2.23. The number of anilines is 1. The minimum absolute atomic E-state index is 0.220. The third-order valence-electron chi connectivity index (χ3n) is 2.59. The van der Waals surface area contributed by atoms with E-state index in [9.17, 15) is 4.39 Å². The van der Waals surface area contributed by atoms with Gasteiger partial charge in [-0.15, -0.1) is 0 Å². The molecule has 0 spiro atoms. The number of hydrogen-bond acceptors (Lipinski definition) is 3. The maximum Gasteiger partial charge on any atom is 0.169 e. The number of nitrogens with one attached hydrogen (secondary N) is 2. The Morgan fingerprint density at radius 1 is 1.50 bits per heavy atom. The van der Waals surface area contributed by atoms with Gasteiger partial charge >= 0.3 is 0 Å². The van der Waals surface area contributed by atoms with Crippen LogP contribution in [0.3, 0.4) is 0 Å². The fraction of sp³-hybridized carbons (Fsp3) is 0.583. The standard InChI is InChI=1S/C12H18FN3/c1-8(2)15-7-9-5-6-14-12(11(9)13)16-10-3-4-10/h5-6,8,10,15H,3-4,7H2,1-2H3,(H,14,16). The van der Waals surface area contributed by atoms with E-state index in [0.29, 0.717) is 30.0 Å². The quantitative estimate of drug-likeness (QED) is 0.804. The lowest BCUT2D eigenvalue weighted by Crippen LogP contribution is -2.22. The molecule has 0 saturated heterocycles. The Hall–Kier alpha value is -1.16. The van der Waals surface area contributed by atoms with E-state index in [1.165, 1.54) is 0 Å². The summed E-state index contributed by atoms with van der Waals surface area (Å²) in [4.78, 5) is 4.03. The Morgan fingerprint density at radius 3 is 2.88 bits per heavy atom. The van der Waals surface area contributed by atoms with Crippen LogP contribution in [0.25, 0.3) is 0 Å². The van der Waals surface area contributed by atoms with Gasteiger partial charge in [0.1, 0.15) is 0 Å². The van der Waals surface area contributed by atoms with Gasteiger partial charge in [-0.25, -0.2) is 9.37 Å². The highest BCUT2D eigenvalue weighted by Crippen LogP contribution is 2.25. The van der Waals surface area contributed by atoms with Gasteiger partial charge in [-0.1, -0.05) is 13.8 Å². The van der Waals surface area contributed by atoms with Crippen molar-refractivity contribution < 1.29 is 4.39 Å². The molecule has 0 aliphatic heterocycles. The molecular weight excluding hydrogens is 205 g/mol. The summed E-state index contributed by atoms with van der Waals surface area (Å²) in [5, 5.41) is 6.30. The van der Waals surface area contributed by atoms with Crippen LogP contribution in [-0.2, 0) is 6.54 Å². The Balaban J connectivity index is 2.05. The number of rotatable bonds is 5. The molecule has 1 fully saturated rings. The van der Waals surface area contributed by atoms with Gasteiger partial charge in [0.05, 0.1) is 0 Å². The van der Waals surface area contributed by atoms with Crippen LogP contribution >= 0.6 is 0 Å². The molecule has 0 aromatic carbocycles. The van der Waals surface area contributed by atoms with E-state index in [-0.39, 0.29) is 5.82 Å². The molecule has 88 valence electrons. The third kappa shape index (κ3) is 2.92. The molecule has 1 saturated carbocycles. The summed E-state index contributed by atoms with van der Waals surface area (Å²) in [5.41, 5.74) is 0.673. The van der Waals surface area contributed by atoms with Crippen LogP contribution in [0.1, 0.15) is 32.3 Å². The number of nitrogens with zero attached hydrogens (tertiary/aromatic N) is 1. The van der Waals surface area contributed by atoms with Crippen molar-refractivity contribution in [1.82, 2.24) is 10.3 Å². The summed E-state index contributed by atoms with van der Waals surface area (Å²) in [6.45, 7) is 4.64. The van der Waals surface area contributed by atoms with Crippen LogP contribution in [0.4, 0.5) is 10.2 Å². The maximum atomic E-state index is 13.9. The smallest absolute Gasteiger partial charge is 0.169 e. The molecule has 0 amide bonds. The molecule has 0 unspecified atom stereocenters. The highest BCUT2D eigenvalue weighted by molar-refractivity contribution is 5.41. The van der Waals surface area contributed by atoms with Crippen LogP contribution in [0.5, 0.6) is 0 Å². The van der Waals surface area contributed by atoms with Gasteiger partial charge in [-0.05, 0) is 18.9 Å². The van der Waals surface area contributed by atoms with E-state index >= 15 is 0 Å². The molecule has 2 rings (SSSR count). The van der Waals surface area contributed by atoms with E-state index < -0.39 is 0 Å². The Labute approximate surface area is 95.5 Å². The van der Waals surface area contributed by atoms with Crippen LogP contribution in [-0.4, -0.2) is 17.1 Å². The first-order valence-electron chi connectivity index (χ1n) is 5.80. The van der Waals surface area contributed by atoms with Crippen molar-refractivity contribution in [2.75, 3.05) is 5.32 Å². The molecule has 0 bridgehead atoms. The topological polar surface area (TPSA) is 37.0 Å². The summed E-state index contributed by atoms with van der Waals surface area (Å²) in [5.74, 6) is 0.174. The largest absolute Gasteiger partial charge is 0.365 e. The Kier molecular flexibility index (Phi) is 3.39. The van der Waals surface area contributed by atoms with Crippen molar-refractivity contribution in [2.24, 2.45) is 0 Å². The molecule has 1 aliphatic rings. The number of aromatic nitrogens is 1. The molecule has 16 heavy (non-hydrogen) atoms. The zero-order chi connectivity index (χ0) is 11.5. The van der Waals surface area contributed by atoms with E-state index in [2.05, 4.69) is 15.6 Å². The van der Waals surface area contributed by atoms with Crippen molar-refractivity contribution in [3.63, 3.8) is 0 Å². The molecular formula is C12H18FN3. The summed E-state index contributed by atoms with van der Waals surface area (Å²) < 4.78 is 13.9. The molecule has 2 N–H and O–H groups in total. The van der Waals surface area contributed by atoms with E-state index in [1.54, 1.807) is 12.3 Å². The summed E-state index contributed by atoms with van der Waals surface area (Å²) in [7, 11) is 0. The fourth-order valence-electron chi connectivity index (χ4n) is 1.46. The van der Waals surface area contributed by atoms with Gasteiger partial charge < -0.3 is 10.6 Å². The first kappa shape index (κ1) is 11.3. The molecule has 4 heteroatoms. The average Bonchev–Trinajstić information content (AvgIpc) is 3.03. The van der Waals surface area contributed by atoms with Crippen LogP contribution < -0.4 is 10.6 Å². The molecule has 0 radical (unpaired) electrons. The minimum Gasteiger partial charge on any atom is -0.365 e. The molecule has 1 heterocycles.